The van der Waals surface area contributed by atoms with Crippen molar-refractivity contribution in [3.05, 3.63) is 0 Å². The van der Waals surface area contributed by atoms with Crippen LogP contribution in [-0.2, 0) is 9.53 Å². The summed E-state index contributed by atoms with van der Waals surface area (Å²) in [6.45, 7) is 2.86. The average molecular weight is 280 g/mol. The fraction of sp³-hybridized carbons (Fsp3) is 0.938. The van der Waals surface area contributed by atoms with E-state index in [1.165, 1.54) is 32.1 Å². The van der Waals surface area contributed by atoms with E-state index in [0.717, 1.165) is 31.8 Å². The van der Waals surface area contributed by atoms with Crippen molar-refractivity contribution in [2.75, 3.05) is 6.61 Å². The summed E-state index contributed by atoms with van der Waals surface area (Å²) in [6, 6.07) is 0.923. The van der Waals surface area contributed by atoms with Gasteiger partial charge in [-0.25, -0.2) is 0 Å². The van der Waals surface area contributed by atoms with Crippen LogP contribution in [-0.4, -0.2) is 36.7 Å². The number of carbonyl (C=O) groups is 1. The first kappa shape index (κ1) is 14.3. The molecule has 2 saturated heterocycles. The number of amides is 1. The van der Waals surface area contributed by atoms with Gasteiger partial charge in [0, 0.05) is 18.7 Å². The zero-order chi connectivity index (χ0) is 13.9. The van der Waals surface area contributed by atoms with Crippen LogP contribution < -0.4 is 10.6 Å². The predicted octanol–water partition coefficient (Wildman–Crippen LogP) is 1.98. The Labute approximate surface area is 122 Å². The number of hydrogen-bond acceptors (Lipinski definition) is 3. The minimum atomic E-state index is 0.0347. The van der Waals surface area contributed by atoms with E-state index in [9.17, 15) is 4.79 Å². The smallest absolute Gasteiger partial charge is 0.237 e. The molecule has 5 unspecified atom stereocenters. The minimum absolute atomic E-state index is 0.0347. The number of fused-ring (bicyclic) bond motifs is 1. The SMILES string of the molecule is CC1CC(NC(=O)C2CCC3CCCCC3N2)CCO1. The van der Waals surface area contributed by atoms with Crippen molar-refractivity contribution >= 4 is 5.91 Å². The van der Waals surface area contributed by atoms with Crippen LogP contribution in [0.2, 0.25) is 0 Å². The zero-order valence-corrected chi connectivity index (χ0v) is 12.6. The summed E-state index contributed by atoms with van der Waals surface area (Å²) >= 11 is 0. The fourth-order valence-corrected chi connectivity index (χ4v) is 4.13. The van der Waals surface area contributed by atoms with Crippen molar-refractivity contribution < 1.29 is 9.53 Å². The minimum Gasteiger partial charge on any atom is -0.378 e. The topological polar surface area (TPSA) is 50.4 Å². The normalized spacial score (nSPS) is 41.8. The van der Waals surface area contributed by atoms with Gasteiger partial charge in [0.25, 0.3) is 0 Å². The molecule has 0 aromatic carbocycles. The van der Waals surface area contributed by atoms with E-state index in [0.29, 0.717) is 12.1 Å². The average Bonchev–Trinajstić information content (AvgIpc) is 2.47. The van der Waals surface area contributed by atoms with Gasteiger partial charge >= 0.3 is 0 Å². The summed E-state index contributed by atoms with van der Waals surface area (Å²) in [4.78, 5) is 12.4. The lowest BCUT2D eigenvalue weighted by Crippen LogP contribution is -2.56. The van der Waals surface area contributed by atoms with Crippen LogP contribution >= 0.6 is 0 Å². The van der Waals surface area contributed by atoms with E-state index >= 15 is 0 Å². The molecule has 0 aromatic rings. The third-order valence-corrected chi connectivity index (χ3v) is 5.30. The van der Waals surface area contributed by atoms with Gasteiger partial charge < -0.3 is 15.4 Å². The maximum atomic E-state index is 12.4. The molecular formula is C16H28N2O2. The third kappa shape index (κ3) is 3.34. The van der Waals surface area contributed by atoms with Crippen LogP contribution in [0.4, 0.5) is 0 Å². The van der Waals surface area contributed by atoms with Gasteiger partial charge in [-0.1, -0.05) is 12.8 Å². The van der Waals surface area contributed by atoms with E-state index in [2.05, 4.69) is 17.6 Å². The lowest BCUT2D eigenvalue weighted by Gasteiger charge is -2.40. The van der Waals surface area contributed by atoms with Gasteiger partial charge in [0.2, 0.25) is 5.91 Å². The van der Waals surface area contributed by atoms with Crippen LogP contribution in [0.5, 0.6) is 0 Å². The van der Waals surface area contributed by atoms with Crippen molar-refractivity contribution in [3.63, 3.8) is 0 Å². The monoisotopic (exact) mass is 280 g/mol. The maximum absolute atomic E-state index is 12.4. The van der Waals surface area contributed by atoms with Gasteiger partial charge in [0.05, 0.1) is 12.1 Å². The number of rotatable bonds is 2. The highest BCUT2D eigenvalue weighted by Crippen LogP contribution is 2.32. The Balaban J connectivity index is 1.50. The molecule has 1 amide bonds. The van der Waals surface area contributed by atoms with E-state index in [4.69, 9.17) is 4.74 Å². The Morgan fingerprint density at radius 2 is 2.00 bits per heavy atom. The number of piperidine rings is 1. The summed E-state index contributed by atoms with van der Waals surface area (Å²) in [7, 11) is 0. The largest absolute Gasteiger partial charge is 0.378 e. The highest BCUT2D eigenvalue weighted by Gasteiger charge is 2.35. The Kier molecular flexibility index (Phi) is 4.61. The van der Waals surface area contributed by atoms with Gasteiger partial charge in [-0.15, -0.1) is 0 Å². The molecule has 0 radical (unpaired) electrons. The number of ether oxygens (including phenoxy) is 1. The van der Waals surface area contributed by atoms with Crippen LogP contribution in [0.3, 0.4) is 0 Å². The van der Waals surface area contributed by atoms with Gasteiger partial charge in [-0.05, 0) is 51.4 Å². The summed E-state index contributed by atoms with van der Waals surface area (Å²) in [5, 5.41) is 6.85. The zero-order valence-electron chi connectivity index (χ0n) is 12.6. The second-order valence-electron chi connectivity index (χ2n) is 6.86. The molecule has 4 heteroatoms. The first-order valence-corrected chi connectivity index (χ1v) is 8.40. The van der Waals surface area contributed by atoms with Crippen molar-refractivity contribution in [1.29, 1.82) is 0 Å². The third-order valence-electron chi connectivity index (χ3n) is 5.30. The van der Waals surface area contributed by atoms with E-state index < -0.39 is 0 Å². The highest BCUT2D eigenvalue weighted by molar-refractivity contribution is 5.82. The second kappa shape index (κ2) is 6.44. The summed E-state index contributed by atoms with van der Waals surface area (Å²) < 4.78 is 5.54. The molecule has 114 valence electrons. The van der Waals surface area contributed by atoms with E-state index in [1.807, 2.05) is 0 Å². The summed E-state index contributed by atoms with van der Waals surface area (Å²) in [5.41, 5.74) is 0. The first-order chi connectivity index (χ1) is 9.72. The Morgan fingerprint density at radius 3 is 2.85 bits per heavy atom. The van der Waals surface area contributed by atoms with Crippen molar-refractivity contribution in [2.45, 2.75) is 82.5 Å². The van der Waals surface area contributed by atoms with E-state index in [1.54, 1.807) is 0 Å². The van der Waals surface area contributed by atoms with Crippen molar-refractivity contribution in [3.8, 4) is 0 Å². The maximum Gasteiger partial charge on any atom is 0.237 e. The molecule has 2 heterocycles. The van der Waals surface area contributed by atoms with Crippen molar-refractivity contribution in [2.24, 2.45) is 5.92 Å². The van der Waals surface area contributed by atoms with Crippen LogP contribution in [0, 0.1) is 5.92 Å². The number of carbonyl (C=O) groups excluding carboxylic acids is 1. The Bertz CT molecular complexity index is 347. The molecule has 2 aliphatic heterocycles. The second-order valence-corrected chi connectivity index (χ2v) is 6.86. The molecule has 0 spiro atoms. The molecule has 0 aromatic heterocycles. The highest BCUT2D eigenvalue weighted by atomic mass is 16.5. The van der Waals surface area contributed by atoms with Gasteiger partial charge in [0.15, 0.2) is 0 Å². The first-order valence-electron chi connectivity index (χ1n) is 8.40. The number of hydrogen-bond donors (Lipinski definition) is 2. The van der Waals surface area contributed by atoms with Gasteiger partial charge in [0.1, 0.15) is 0 Å². The molecule has 5 atom stereocenters. The molecule has 0 bridgehead atoms. The van der Waals surface area contributed by atoms with Crippen molar-refractivity contribution in [1.82, 2.24) is 10.6 Å². The molecular weight excluding hydrogens is 252 g/mol. The summed E-state index contributed by atoms with van der Waals surface area (Å²) in [5.74, 6) is 1.03. The molecule has 3 fully saturated rings. The lowest BCUT2D eigenvalue weighted by atomic mass is 9.77. The molecule has 3 aliphatic rings. The molecule has 1 aliphatic carbocycles. The molecule has 4 nitrogen and oxygen atoms in total. The predicted molar refractivity (Wildman–Crippen MR) is 78.5 cm³/mol. The van der Waals surface area contributed by atoms with E-state index in [-0.39, 0.29) is 18.1 Å². The lowest BCUT2D eigenvalue weighted by molar-refractivity contribution is -0.126. The van der Waals surface area contributed by atoms with Crippen LogP contribution in [0.25, 0.3) is 0 Å². The molecule has 3 rings (SSSR count). The van der Waals surface area contributed by atoms with Gasteiger partial charge in [-0.2, -0.15) is 0 Å². The quantitative estimate of drug-likeness (QED) is 0.813. The standard InChI is InChI=1S/C16H28N2O2/c1-11-10-13(8-9-20-11)17-16(19)15-7-6-12-4-2-3-5-14(12)18-15/h11-15,18H,2-10H2,1H3,(H,17,19). The fourth-order valence-electron chi connectivity index (χ4n) is 4.13. The van der Waals surface area contributed by atoms with Crippen LogP contribution in [0.1, 0.15) is 58.3 Å². The van der Waals surface area contributed by atoms with Gasteiger partial charge in [-0.3, -0.25) is 4.79 Å². The Morgan fingerprint density at radius 1 is 1.15 bits per heavy atom. The number of nitrogens with one attached hydrogen (secondary N) is 2. The van der Waals surface area contributed by atoms with Crippen LogP contribution in [0.15, 0.2) is 0 Å². The molecule has 20 heavy (non-hydrogen) atoms. The Hall–Kier alpha value is -0.610. The molecule has 2 N–H and O–H groups in total. The molecule has 1 saturated carbocycles. The summed E-state index contributed by atoms with van der Waals surface area (Å²) in [6.07, 6.45) is 9.70.